The second-order valence-electron chi connectivity index (χ2n) is 5.04. The van der Waals surface area contributed by atoms with E-state index in [-0.39, 0.29) is 0 Å². The quantitative estimate of drug-likeness (QED) is 0.696. The van der Waals surface area contributed by atoms with Crippen LogP contribution in [0.5, 0.6) is 17.2 Å². The van der Waals surface area contributed by atoms with Crippen LogP contribution >= 0.6 is 0 Å². The van der Waals surface area contributed by atoms with Crippen molar-refractivity contribution in [3.63, 3.8) is 0 Å². The number of ether oxygens (including phenoxy) is 3. The topological polar surface area (TPSA) is 91.5 Å². The third-order valence-corrected chi connectivity index (χ3v) is 3.50. The molecule has 24 heavy (non-hydrogen) atoms. The smallest absolute Gasteiger partial charge is 0.203 e. The van der Waals surface area contributed by atoms with Gasteiger partial charge in [-0.05, 0) is 18.2 Å². The van der Waals surface area contributed by atoms with E-state index >= 15 is 0 Å². The van der Waals surface area contributed by atoms with Crippen LogP contribution in [-0.2, 0) is 0 Å². The highest BCUT2D eigenvalue weighted by atomic mass is 16.5. The van der Waals surface area contributed by atoms with Crippen molar-refractivity contribution in [3.05, 3.63) is 36.5 Å². The van der Waals surface area contributed by atoms with Gasteiger partial charge in [-0.15, -0.1) is 0 Å². The molecule has 0 saturated carbocycles. The predicted octanol–water partition coefficient (Wildman–Crippen LogP) is 2.98. The molecule has 0 aliphatic carbocycles. The van der Waals surface area contributed by atoms with Gasteiger partial charge in [0.2, 0.25) is 5.75 Å². The standard InChI is InChI=1S/C17H18N4O3/c1-22-14-7-11(8-15(23-2)17(14)24-3)20-16-9-19-13-6-10(18)4-5-12(13)21-16/h4-9H,18H2,1-3H3,(H,20,21). The monoisotopic (exact) mass is 326 g/mol. The molecule has 7 nitrogen and oxygen atoms in total. The molecular formula is C17H18N4O3. The maximum atomic E-state index is 5.75. The number of fused-ring (bicyclic) bond motifs is 1. The van der Waals surface area contributed by atoms with Gasteiger partial charge in [0.05, 0.1) is 38.6 Å². The maximum Gasteiger partial charge on any atom is 0.203 e. The lowest BCUT2D eigenvalue weighted by molar-refractivity contribution is 0.324. The molecule has 3 aromatic rings. The lowest BCUT2D eigenvalue weighted by atomic mass is 10.2. The Hall–Kier alpha value is -3.22. The molecule has 0 aliphatic rings. The van der Waals surface area contributed by atoms with Crippen molar-refractivity contribution in [1.29, 1.82) is 0 Å². The lowest BCUT2D eigenvalue weighted by Crippen LogP contribution is -1.99. The van der Waals surface area contributed by atoms with Crippen LogP contribution in [0, 0.1) is 0 Å². The van der Waals surface area contributed by atoms with E-state index in [2.05, 4.69) is 15.3 Å². The molecule has 0 radical (unpaired) electrons. The van der Waals surface area contributed by atoms with Gasteiger partial charge in [0.15, 0.2) is 11.5 Å². The van der Waals surface area contributed by atoms with Gasteiger partial charge in [-0.25, -0.2) is 4.98 Å². The van der Waals surface area contributed by atoms with Crippen LogP contribution in [0.3, 0.4) is 0 Å². The van der Waals surface area contributed by atoms with Crippen LogP contribution in [-0.4, -0.2) is 31.3 Å². The van der Waals surface area contributed by atoms with Crippen LogP contribution in [0.2, 0.25) is 0 Å². The molecule has 0 bridgehead atoms. The number of nitrogen functional groups attached to an aromatic ring is 1. The number of nitrogens with two attached hydrogens (primary N) is 1. The summed E-state index contributed by atoms with van der Waals surface area (Å²) < 4.78 is 16.0. The van der Waals surface area contributed by atoms with E-state index in [0.29, 0.717) is 28.8 Å². The Morgan fingerprint density at radius 2 is 1.62 bits per heavy atom. The average molecular weight is 326 g/mol. The summed E-state index contributed by atoms with van der Waals surface area (Å²) in [6, 6.07) is 9.01. The highest BCUT2D eigenvalue weighted by Crippen LogP contribution is 2.40. The van der Waals surface area contributed by atoms with E-state index in [0.717, 1.165) is 16.7 Å². The first-order chi connectivity index (χ1) is 11.6. The summed E-state index contributed by atoms with van der Waals surface area (Å²) in [5.41, 5.74) is 8.65. The Balaban J connectivity index is 1.97. The van der Waals surface area contributed by atoms with Gasteiger partial charge in [-0.2, -0.15) is 0 Å². The van der Waals surface area contributed by atoms with Gasteiger partial charge in [-0.3, -0.25) is 4.98 Å². The molecule has 0 aliphatic heterocycles. The van der Waals surface area contributed by atoms with Gasteiger partial charge in [0.25, 0.3) is 0 Å². The number of benzene rings is 2. The molecule has 3 rings (SSSR count). The molecule has 7 heteroatoms. The first-order valence-corrected chi connectivity index (χ1v) is 7.24. The molecule has 1 heterocycles. The van der Waals surface area contributed by atoms with E-state index in [4.69, 9.17) is 19.9 Å². The second kappa shape index (κ2) is 6.49. The van der Waals surface area contributed by atoms with Crippen LogP contribution in [0.15, 0.2) is 36.5 Å². The average Bonchev–Trinajstić information content (AvgIpc) is 2.60. The molecule has 2 aromatic carbocycles. The van der Waals surface area contributed by atoms with Crippen LogP contribution < -0.4 is 25.3 Å². The van der Waals surface area contributed by atoms with E-state index in [1.807, 2.05) is 6.07 Å². The number of rotatable bonds is 5. The van der Waals surface area contributed by atoms with Crippen LogP contribution in [0.4, 0.5) is 17.2 Å². The summed E-state index contributed by atoms with van der Waals surface area (Å²) >= 11 is 0. The van der Waals surface area contributed by atoms with Crippen molar-refractivity contribution in [3.8, 4) is 17.2 Å². The van der Waals surface area contributed by atoms with E-state index < -0.39 is 0 Å². The molecule has 0 atom stereocenters. The third-order valence-electron chi connectivity index (χ3n) is 3.50. The normalized spacial score (nSPS) is 10.5. The zero-order chi connectivity index (χ0) is 17.1. The minimum absolute atomic E-state index is 0.533. The van der Waals surface area contributed by atoms with E-state index in [1.54, 1.807) is 51.8 Å². The fraction of sp³-hybridized carbons (Fsp3) is 0.176. The molecular weight excluding hydrogens is 308 g/mol. The van der Waals surface area contributed by atoms with E-state index in [9.17, 15) is 0 Å². The van der Waals surface area contributed by atoms with Crippen LogP contribution in [0.1, 0.15) is 0 Å². The Morgan fingerprint density at radius 1 is 0.917 bits per heavy atom. The summed E-state index contributed by atoms with van der Waals surface area (Å²) in [5, 5.41) is 3.19. The Kier molecular flexibility index (Phi) is 4.24. The van der Waals surface area contributed by atoms with Crippen molar-refractivity contribution in [2.75, 3.05) is 32.4 Å². The lowest BCUT2D eigenvalue weighted by Gasteiger charge is -2.15. The number of hydrogen-bond acceptors (Lipinski definition) is 7. The zero-order valence-electron chi connectivity index (χ0n) is 13.7. The second-order valence-corrected chi connectivity index (χ2v) is 5.04. The first kappa shape index (κ1) is 15.7. The minimum atomic E-state index is 0.533. The first-order valence-electron chi connectivity index (χ1n) is 7.24. The predicted molar refractivity (Wildman–Crippen MR) is 93.3 cm³/mol. The minimum Gasteiger partial charge on any atom is -0.493 e. The molecule has 0 fully saturated rings. The number of hydrogen-bond donors (Lipinski definition) is 2. The van der Waals surface area contributed by atoms with Crippen molar-refractivity contribution in [2.24, 2.45) is 0 Å². The number of nitrogens with zero attached hydrogens (tertiary/aromatic N) is 2. The zero-order valence-corrected chi connectivity index (χ0v) is 13.7. The fourth-order valence-corrected chi connectivity index (χ4v) is 2.39. The Labute approximate surface area is 139 Å². The summed E-state index contributed by atoms with van der Waals surface area (Å²) in [6.07, 6.45) is 1.64. The number of aromatic nitrogens is 2. The Bertz CT molecular complexity index is 858. The van der Waals surface area contributed by atoms with Crippen LogP contribution in [0.25, 0.3) is 11.0 Å². The van der Waals surface area contributed by atoms with Crippen molar-refractivity contribution in [2.45, 2.75) is 0 Å². The third kappa shape index (κ3) is 2.96. The summed E-state index contributed by atoms with van der Waals surface area (Å²) in [5.74, 6) is 2.24. The highest BCUT2D eigenvalue weighted by molar-refractivity contribution is 5.79. The van der Waals surface area contributed by atoms with Gasteiger partial charge in [0.1, 0.15) is 5.82 Å². The SMILES string of the molecule is COc1cc(Nc2cnc3cc(N)ccc3n2)cc(OC)c1OC. The van der Waals surface area contributed by atoms with Gasteiger partial charge in [0, 0.05) is 23.5 Å². The summed E-state index contributed by atoms with van der Waals surface area (Å²) in [7, 11) is 4.70. The summed E-state index contributed by atoms with van der Waals surface area (Å²) in [4.78, 5) is 8.89. The number of nitrogens with one attached hydrogen (secondary N) is 1. The van der Waals surface area contributed by atoms with Crippen molar-refractivity contribution < 1.29 is 14.2 Å². The number of anilines is 3. The molecule has 0 amide bonds. The Morgan fingerprint density at radius 3 is 2.25 bits per heavy atom. The van der Waals surface area contributed by atoms with E-state index in [1.165, 1.54) is 0 Å². The van der Waals surface area contributed by atoms with Gasteiger partial charge >= 0.3 is 0 Å². The molecule has 1 aromatic heterocycles. The van der Waals surface area contributed by atoms with Crippen molar-refractivity contribution >= 4 is 28.2 Å². The fourth-order valence-electron chi connectivity index (χ4n) is 2.39. The maximum absolute atomic E-state index is 5.75. The molecule has 0 spiro atoms. The highest BCUT2D eigenvalue weighted by Gasteiger charge is 2.13. The molecule has 0 saturated heterocycles. The van der Waals surface area contributed by atoms with Gasteiger partial charge in [-0.1, -0.05) is 0 Å². The van der Waals surface area contributed by atoms with Crippen molar-refractivity contribution in [1.82, 2.24) is 9.97 Å². The van der Waals surface area contributed by atoms with Gasteiger partial charge < -0.3 is 25.3 Å². The molecule has 0 unspecified atom stereocenters. The number of methoxy groups -OCH3 is 3. The summed E-state index contributed by atoms with van der Waals surface area (Å²) in [6.45, 7) is 0. The largest absolute Gasteiger partial charge is 0.493 e. The molecule has 3 N–H and O–H groups in total. The molecule has 124 valence electrons.